The second-order valence-corrected chi connectivity index (χ2v) is 14.5. The van der Waals surface area contributed by atoms with Crippen LogP contribution < -0.4 is 14.8 Å². The Bertz CT molecular complexity index is 1450. The van der Waals surface area contributed by atoms with Gasteiger partial charge in [0, 0.05) is 24.6 Å². The number of carbonyl (C=O) groups excluding carboxylic acids is 3. The van der Waals surface area contributed by atoms with Crippen LogP contribution in [0.1, 0.15) is 97.9 Å². The van der Waals surface area contributed by atoms with E-state index in [1.807, 2.05) is 41.4 Å². The van der Waals surface area contributed by atoms with Crippen LogP contribution in [0.3, 0.4) is 0 Å². The molecule has 5 rings (SSSR count). The fourth-order valence-corrected chi connectivity index (χ4v) is 7.44. The molecule has 3 unspecified atom stereocenters. The Morgan fingerprint density at radius 1 is 1.10 bits per heavy atom. The maximum absolute atomic E-state index is 16.1. The maximum atomic E-state index is 16.1. The molecule has 1 aliphatic carbocycles. The number of methoxy groups -OCH3 is 1. The maximum Gasteiger partial charge on any atom is 0.408 e. The molecule has 1 saturated carbocycles. The van der Waals surface area contributed by atoms with Crippen LogP contribution in [-0.2, 0) is 32.9 Å². The van der Waals surface area contributed by atoms with E-state index in [4.69, 9.17) is 19.0 Å². The van der Waals surface area contributed by atoms with E-state index in [1.165, 1.54) is 7.11 Å². The number of aromatic nitrogens is 2. The number of carbonyl (C=O) groups is 3. The summed E-state index contributed by atoms with van der Waals surface area (Å²) in [4.78, 5) is 46.4. The van der Waals surface area contributed by atoms with Crippen molar-refractivity contribution in [2.75, 3.05) is 13.7 Å². The number of rotatable bonds is 2. The van der Waals surface area contributed by atoms with Gasteiger partial charge in [0.25, 0.3) is 0 Å². The Labute approximate surface area is 300 Å². The minimum atomic E-state index is -2.06. The molecule has 13 heteroatoms. The fourth-order valence-electron chi connectivity index (χ4n) is 7.44. The Hall–Kier alpha value is -2.99. The molecule has 1 radical (unpaired) electrons. The van der Waals surface area contributed by atoms with Gasteiger partial charge < -0.3 is 36.1 Å². The van der Waals surface area contributed by atoms with Crippen LogP contribution in [0.5, 0.6) is 11.6 Å². The molecule has 49 heavy (non-hydrogen) atoms. The Kier molecular flexibility index (Phi) is 13.9. The number of benzene rings is 1. The molecule has 1 aromatic carbocycles. The third-order valence-electron chi connectivity index (χ3n) is 10.3. The Morgan fingerprint density at radius 3 is 2.43 bits per heavy atom. The molecular formula is C36H51F2N4O6V-. The predicted molar refractivity (Wildman–Crippen MR) is 178 cm³/mol. The number of hydrogen-bond donors (Lipinski definition) is 1. The van der Waals surface area contributed by atoms with Gasteiger partial charge in [0.05, 0.1) is 24.7 Å². The van der Waals surface area contributed by atoms with Crippen LogP contribution in [0.4, 0.5) is 13.6 Å². The van der Waals surface area contributed by atoms with E-state index in [0.717, 1.165) is 19.3 Å². The molecule has 10 nitrogen and oxygen atoms in total. The number of alkyl halides is 2. The largest absolute Gasteiger partial charge is 0.497 e. The van der Waals surface area contributed by atoms with Crippen molar-refractivity contribution in [3.63, 3.8) is 0 Å². The number of fused-ring (bicyclic) bond motifs is 5. The summed E-state index contributed by atoms with van der Waals surface area (Å²) in [5.74, 6) is -0.0235. The quantitative estimate of drug-likeness (QED) is 0.333. The second kappa shape index (κ2) is 16.8. The molecule has 0 spiro atoms. The van der Waals surface area contributed by atoms with Gasteiger partial charge in [0.1, 0.15) is 42.2 Å². The van der Waals surface area contributed by atoms with Crippen LogP contribution >= 0.6 is 0 Å². The number of hydrogen-bond acceptors (Lipinski definition) is 8. The molecule has 2 aliphatic heterocycles. The molecule has 2 fully saturated rings. The van der Waals surface area contributed by atoms with E-state index in [2.05, 4.69) is 22.2 Å². The van der Waals surface area contributed by atoms with E-state index in [-0.39, 0.29) is 60.8 Å². The molecular weight excluding hydrogens is 673 g/mol. The van der Waals surface area contributed by atoms with Gasteiger partial charge in [-0.15, -0.1) is 0 Å². The SMILES string of the molecule is C=O.[CH2-][C@@H]1C(CC)[C@@H]2CN1C(=O)[C@H](C(C)(C)C)NC(=O)O[C@]1(C)CCC[C@H]1CCCCC(F)C(F)c1nc3ccc(OC)cc3nc1O2.[V]. The van der Waals surface area contributed by atoms with Crippen molar-refractivity contribution in [3.05, 3.63) is 30.8 Å². The second-order valence-electron chi connectivity index (χ2n) is 14.5. The third kappa shape index (κ3) is 8.85. The van der Waals surface area contributed by atoms with Crippen LogP contribution in [0, 0.1) is 24.2 Å². The first-order valence-corrected chi connectivity index (χ1v) is 17.0. The van der Waals surface area contributed by atoms with E-state index in [1.54, 1.807) is 23.1 Å². The number of nitrogens with zero attached hydrogens (tertiary/aromatic N) is 3. The zero-order valence-corrected chi connectivity index (χ0v) is 30.9. The Balaban J connectivity index is 0.00000213. The van der Waals surface area contributed by atoms with Crippen molar-refractivity contribution >= 4 is 29.8 Å². The zero-order valence-electron chi connectivity index (χ0n) is 29.5. The van der Waals surface area contributed by atoms with Crippen LogP contribution in [0.25, 0.3) is 11.0 Å². The molecule has 2 amide bonds. The van der Waals surface area contributed by atoms with Gasteiger partial charge in [-0.1, -0.05) is 53.0 Å². The van der Waals surface area contributed by atoms with E-state index in [9.17, 15) is 9.59 Å². The summed E-state index contributed by atoms with van der Waals surface area (Å²) in [6.45, 7) is 16.0. The standard InChI is InChI=1S/C35H49F2N4O5.CH2O.V/c1-8-23-20(2)41-19-27(23)45-31-29(38-25-16-15-22(44-7)18-26(25)39-31)28(37)24(36)14-10-9-12-21-13-11-17-35(21,6)46-33(43)40-30(32(41)42)34(3,4)5;1-2;/h15-16,18,20-21,23-24,27-28,30H,2,8-14,17,19H2,1,3-7H3,(H,40,43);1H2;/q-1;;/t20-,21-,23?,24?,27+,28?,30-,35-;;/m1../s1. The third-order valence-corrected chi connectivity index (χ3v) is 10.3. The number of ether oxygens (including phenoxy) is 3. The van der Waals surface area contributed by atoms with Crippen LogP contribution in [0.15, 0.2) is 18.2 Å². The summed E-state index contributed by atoms with van der Waals surface area (Å²) < 4.78 is 49.5. The van der Waals surface area contributed by atoms with Crippen molar-refractivity contribution in [3.8, 4) is 11.6 Å². The number of amides is 2. The number of halogens is 2. The molecule has 1 N–H and O–H groups in total. The van der Waals surface area contributed by atoms with Gasteiger partial charge in [-0.3, -0.25) is 4.79 Å². The van der Waals surface area contributed by atoms with Gasteiger partial charge >= 0.3 is 6.09 Å². The van der Waals surface area contributed by atoms with Crippen molar-refractivity contribution < 1.29 is 55.9 Å². The normalized spacial score (nSPS) is 31.2. The van der Waals surface area contributed by atoms with Crippen LogP contribution in [-0.4, -0.2) is 77.3 Å². The predicted octanol–water partition coefficient (Wildman–Crippen LogP) is 6.89. The fraction of sp³-hybridized carbons (Fsp3) is 0.667. The summed E-state index contributed by atoms with van der Waals surface area (Å²) >= 11 is 0. The summed E-state index contributed by atoms with van der Waals surface area (Å²) in [6.07, 6.45) is -0.177. The van der Waals surface area contributed by atoms with E-state index >= 15 is 8.78 Å². The van der Waals surface area contributed by atoms with Crippen molar-refractivity contribution in [1.29, 1.82) is 0 Å². The number of nitrogens with one attached hydrogen (secondary N) is 1. The molecule has 3 aliphatic rings. The van der Waals surface area contributed by atoms with Crippen molar-refractivity contribution in [1.82, 2.24) is 20.2 Å². The molecule has 1 saturated heterocycles. The number of alkyl carbamates (subject to hydrolysis) is 1. The average Bonchev–Trinajstić information content (AvgIpc) is 3.57. The first-order chi connectivity index (χ1) is 22.8. The van der Waals surface area contributed by atoms with Crippen molar-refractivity contribution in [2.45, 2.75) is 122 Å². The zero-order chi connectivity index (χ0) is 35.4. The van der Waals surface area contributed by atoms with Gasteiger partial charge in [-0.05, 0) is 68.4 Å². The van der Waals surface area contributed by atoms with Gasteiger partial charge in [0.2, 0.25) is 11.8 Å². The monoisotopic (exact) mass is 724 g/mol. The van der Waals surface area contributed by atoms with Gasteiger partial charge in [-0.25, -0.2) is 23.5 Å². The smallest absolute Gasteiger partial charge is 0.408 e. The van der Waals surface area contributed by atoms with Crippen LogP contribution in [0.2, 0.25) is 0 Å². The molecule has 2 bridgehead atoms. The summed E-state index contributed by atoms with van der Waals surface area (Å²) in [6, 6.07) is 3.63. The minimum absolute atomic E-state index is 0. The average molecular weight is 725 g/mol. The Morgan fingerprint density at radius 2 is 1.78 bits per heavy atom. The van der Waals surface area contributed by atoms with Gasteiger partial charge in [0.15, 0.2) is 6.17 Å². The molecule has 8 atom stereocenters. The minimum Gasteiger partial charge on any atom is -0.497 e. The summed E-state index contributed by atoms with van der Waals surface area (Å²) in [7, 11) is 1.53. The first kappa shape index (κ1) is 40.4. The molecule has 271 valence electrons. The first-order valence-electron chi connectivity index (χ1n) is 17.0. The van der Waals surface area contributed by atoms with Crippen molar-refractivity contribution in [2.24, 2.45) is 17.3 Å². The topological polar surface area (TPSA) is 120 Å². The molecule has 2 aromatic rings. The summed E-state index contributed by atoms with van der Waals surface area (Å²) in [5.41, 5.74) is -0.729. The van der Waals surface area contributed by atoms with Gasteiger partial charge in [-0.2, -0.15) is 0 Å². The van der Waals surface area contributed by atoms with E-state index in [0.29, 0.717) is 42.5 Å². The van der Waals surface area contributed by atoms with E-state index < -0.39 is 47.6 Å². The summed E-state index contributed by atoms with van der Waals surface area (Å²) in [5, 5.41) is 2.90. The molecule has 1 aromatic heterocycles. The molecule has 3 heterocycles.